The number of carbonyl (C=O) groups excluding carboxylic acids is 1. The zero-order valence-corrected chi connectivity index (χ0v) is 14.8. The fourth-order valence-corrected chi connectivity index (χ4v) is 2.46. The monoisotopic (exact) mass is 344 g/mol. The van der Waals surface area contributed by atoms with E-state index < -0.39 is 0 Å². The van der Waals surface area contributed by atoms with Crippen molar-refractivity contribution in [2.45, 2.75) is 33.4 Å². The maximum atomic E-state index is 13.6. The molecule has 2 N–H and O–H groups in total. The van der Waals surface area contributed by atoms with Crippen LogP contribution in [0.2, 0.25) is 0 Å². The molecular weight excluding hydrogens is 319 g/mol. The third kappa shape index (κ3) is 6.55. The first kappa shape index (κ1) is 18.9. The predicted molar refractivity (Wildman–Crippen MR) is 96.9 cm³/mol. The van der Waals surface area contributed by atoms with E-state index in [1.807, 2.05) is 19.1 Å². The average Bonchev–Trinajstić information content (AvgIpc) is 2.58. The fraction of sp³-hybridized carbons (Fsp3) is 0.350. The smallest absolute Gasteiger partial charge is 0.216 e. The topological polar surface area (TPSA) is 50.4 Å². The van der Waals surface area contributed by atoms with E-state index in [0.29, 0.717) is 12.1 Å². The van der Waals surface area contributed by atoms with Crippen molar-refractivity contribution < 1.29 is 13.9 Å². The highest BCUT2D eigenvalue weighted by atomic mass is 19.1. The van der Waals surface area contributed by atoms with Crippen molar-refractivity contribution in [2.75, 3.05) is 13.1 Å². The Labute approximate surface area is 148 Å². The number of ether oxygens (including phenoxy) is 1. The second-order valence-corrected chi connectivity index (χ2v) is 5.99. The minimum atomic E-state index is -0.250. The van der Waals surface area contributed by atoms with E-state index in [4.69, 9.17) is 4.74 Å². The van der Waals surface area contributed by atoms with Gasteiger partial charge in [0.05, 0.1) is 0 Å². The second-order valence-electron chi connectivity index (χ2n) is 5.99. The van der Waals surface area contributed by atoms with E-state index in [2.05, 4.69) is 16.7 Å². The molecule has 0 aromatic heterocycles. The van der Waals surface area contributed by atoms with Crippen LogP contribution in [-0.2, 0) is 17.9 Å². The van der Waals surface area contributed by atoms with Crippen molar-refractivity contribution in [3.63, 3.8) is 0 Å². The Hall–Kier alpha value is -2.40. The number of aryl methyl sites for hydroxylation is 1. The molecule has 2 rings (SSSR count). The second kappa shape index (κ2) is 9.79. The van der Waals surface area contributed by atoms with Crippen LogP contribution < -0.4 is 15.4 Å². The zero-order chi connectivity index (χ0) is 18.1. The van der Waals surface area contributed by atoms with Crippen LogP contribution in [0.25, 0.3) is 0 Å². The van der Waals surface area contributed by atoms with Crippen molar-refractivity contribution >= 4 is 5.91 Å². The predicted octanol–water partition coefficient (Wildman–Crippen LogP) is 3.33. The van der Waals surface area contributed by atoms with Gasteiger partial charge >= 0.3 is 0 Å². The van der Waals surface area contributed by atoms with E-state index in [-0.39, 0.29) is 18.3 Å². The summed E-state index contributed by atoms with van der Waals surface area (Å²) in [6.45, 7) is 6.00. The number of benzene rings is 2. The van der Waals surface area contributed by atoms with Crippen LogP contribution in [0.1, 0.15) is 30.0 Å². The number of amides is 1. The quantitative estimate of drug-likeness (QED) is 0.686. The van der Waals surface area contributed by atoms with E-state index in [1.165, 1.54) is 13.0 Å². The highest BCUT2D eigenvalue weighted by molar-refractivity contribution is 5.72. The van der Waals surface area contributed by atoms with Gasteiger partial charge in [-0.15, -0.1) is 0 Å². The summed E-state index contributed by atoms with van der Waals surface area (Å²) in [4.78, 5) is 10.8. The summed E-state index contributed by atoms with van der Waals surface area (Å²) in [6.07, 6.45) is 0.891. The van der Waals surface area contributed by atoms with Gasteiger partial charge in [-0.25, -0.2) is 4.39 Å². The Bertz CT molecular complexity index is 704. The minimum Gasteiger partial charge on any atom is -0.489 e. The van der Waals surface area contributed by atoms with Gasteiger partial charge in [-0.2, -0.15) is 0 Å². The molecule has 0 saturated carbocycles. The van der Waals surface area contributed by atoms with E-state index in [9.17, 15) is 9.18 Å². The summed E-state index contributed by atoms with van der Waals surface area (Å²) >= 11 is 0. The molecule has 0 saturated heterocycles. The molecule has 2 aromatic carbocycles. The molecule has 5 heteroatoms. The number of nitrogens with one attached hydrogen (secondary N) is 2. The molecule has 0 aliphatic carbocycles. The molecule has 0 radical (unpaired) electrons. The Morgan fingerprint density at radius 3 is 2.68 bits per heavy atom. The van der Waals surface area contributed by atoms with E-state index in [1.54, 1.807) is 18.2 Å². The van der Waals surface area contributed by atoms with Crippen molar-refractivity contribution in [1.29, 1.82) is 0 Å². The van der Waals surface area contributed by atoms with Crippen molar-refractivity contribution in [3.05, 3.63) is 65.0 Å². The average molecular weight is 344 g/mol. The first-order chi connectivity index (χ1) is 12.1. The van der Waals surface area contributed by atoms with Crippen molar-refractivity contribution in [3.8, 4) is 5.75 Å². The van der Waals surface area contributed by atoms with Gasteiger partial charge in [0.15, 0.2) is 0 Å². The zero-order valence-electron chi connectivity index (χ0n) is 14.8. The third-order valence-electron chi connectivity index (χ3n) is 3.81. The molecule has 0 aliphatic heterocycles. The normalized spacial score (nSPS) is 10.5. The molecule has 4 nitrogen and oxygen atoms in total. The Balaban J connectivity index is 1.78. The molecule has 0 fully saturated rings. The summed E-state index contributed by atoms with van der Waals surface area (Å²) in [6, 6.07) is 12.6. The van der Waals surface area contributed by atoms with Gasteiger partial charge in [0, 0.05) is 25.6 Å². The molecule has 0 heterocycles. The van der Waals surface area contributed by atoms with Crippen LogP contribution in [0.4, 0.5) is 4.39 Å². The molecule has 0 atom stereocenters. The fourth-order valence-electron chi connectivity index (χ4n) is 2.46. The molecule has 134 valence electrons. The molecule has 0 bridgehead atoms. The van der Waals surface area contributed by atoms with Crippen LogP contribution in [0.3, 0.4) is 0 Å². The molecule has 25 heavy (non-hydrogen) atoms. The van der Waals surface area contributed by atoms with Gasteiger partial charge in [-0.1, -0.05) is 30.3 Å². The molecule has 0 spiro atoms. The Morgan fingerprint density at radius 1 is 1.16 bits per heavy atom. The van der Waals surface area contributed by atoms with Crippen molar-refractivity contribution in [2.24, 2.45) is 0 Å². The first-order valence-electron chi connectivity index (χ1n) is 8.47. The summed E-state index contributed by atoms with van der Waals surface area (Å²) in [5.41, 5.74) is 2.73. The lowest BCUT2D eigenvalue weighted by atomic mass is 10.1. The van der Waals surface area contributed by atoms with Gasteiger partial charge in [0.25, 0.3) is 0 Å². The highest BCUT2D eigenvalue weighted by Gasteiger charge is 2.05. The van der Waals surface area contributed by atoms with Crippen LogP contribution in [0.15, 0.2) is 42.5 Å². The molecule has 2 aromatic rings. The molecular formula is C20H25FN2O2. The van der Waals surface area contributed by atoms with Crippen LogP contribution in [0.5, 0.6) is 5.75 Å². The number of halogens is 1. The van der Waals surface area contributed by atoms with Gasteiger partial charge in [0.1, 0.15) is 18.2 Å². The molecule has 0 unspecified atom stereocenters. The standard InChI is InChI=1S/C20H25FN2O2/c1-15-12-17(13-22-10-5-11-23-16(2)24)8-9-20(15)25-14-18-6-3-4-7-19(18)21/h3-4,6-9,12,22H,5,10-11,13-14H2,1-2H3,(H,23,24). The maximum Gasteiger partial charge on any atom is 0.216 e. The van der Waals surface area contributed by atoms with Crippen LogP contribution >= 0.6 is 0 Å². The Morgan fingerprint density at radius 2 is 1.96 bits per heavy atom. The van der Waals surface area contributed by atoms with E-state index in [0.717, 1.165) is 36.4 Å². The highest BCUT2D eigenvalue weighted by Crippen LogP contribution is 2.21. The largest absolute Gasteiger partial charge is 0.489 e. The molecule has 1 amide bonds. The lowest BCUT2D eigenvalue weighted by Gasteiger charge is -2.12. The third-order valence-corrected chi connectivity index (χ3v) is 3.81. The first-order valence-corrected chi connectivity index (χ1v) is 8.47. The summed E-state index contributed by atoms with van der Waals surface area (Å²) in [7, 11) is 0. The van der Waals surface area contributed by atoms with Gasteiger partial charge in [0.2, 0.25) is 5.91 Å². The van der Waals surface area contributed by atoms with Gasteiger partial charge in [-0.05, 0) is 43.1 Å². The van der Waals surface area contributed by atoms with Crippen LogP contribution in [-0.4, -0.2) is 19.0 Å². The van der Waals surface area contributed by atoms with Gasteiger partial charge < -0.3 is 15.4 Å². The summed E-state index contributed by atoms with van der Waals surface area (Å²) < 4.78 is 19.4. The van der Waals surface area contributed by atoms with E-state index >= 15 is 0 Å². The molecule has 0 aliphatic rings. The summed E-state index contributed by atoms with van der Waals surface area (Å²) in [5, 5.41) is 6.12. The number of hydrogen-bond donors (Lipinski definition) is 2. The van der Waals surface area contributed by atoms with Crippen molar-refractivity contribution in [1.82, 2.24) is 10.6 Å². The lowest BCUT2D eigenvalue weighted by Crippen LogP contribution is -2.24. The number of hydrogen-bond acceptors (Lipinski definition) is 3. The van der Waals surface area contributed by atoms with Gasteiger partial charge in [-0.3, -0.25) is 4.79 Å². The minimum absolute atomic E-state index is 0.00148. The SMILES string of the molecule is CC(=O)NCCCNCc1ccc(OCc2ccccc2F)c(C)c1. The summed E-state index contributed by atoms with van der Waals surface area (Å²) in [5.74, 6) is 0.513. The maximum absolute atomic E-state index is 13.6. The lowest BCUT2D eigenvalue weighted by molar-refractivity contribution is -0.118. The Kier molecular flexibility index (Phi) is 7.41. The number of carbonyl (C=O) groups is 1. The number of rotatable bonds is 9. The van der Waals surface area contributed by atoms with Crippen LogP contribution in [0, 0.1) is 12.7 Å².